The number of carbonyl (C=O) groups excluding carboxylic acids is 1. The van der Waals surface area contributed by atoms with Crippen molar-refractivity contribution in [2.75, 3.05) is 11.9 Å². The first-order valence-corrected chi connectivity index (χ1v) is 9.64. The van der Waals surface area contributed by atoms with Crippen LogP contribution in [0.25, 0.3) is 0 Å². The lowest BCUT2D eigenvalue weighted by Gasteiger charge is -2.23. The van der Waals surface area contributed by atoms with Crippen molar-refractivity contribution in [2.45, 2.75) is 23.8 Å². The fourth-order valence-electron chi connectivity index (χ4n) is 2.83. The molecule has 0 aromatic heterocycles. The van der Waals surface area contributed by atoms with E-state index < -0.39 is 33.6 Å². The molecule has 0 aliphatic carbocycles. The Kier molecular flexibility index (Phi) is 5.27. The van der Waals surface area contributed by atoms with Gasteiger partial charge in [-0.05, 0) is 55.3 Å². The quantitative estimate of drug-likeness (QED) is 0.855. The number of anilines is 1. The molecule has 26 heavy (non-hydrogen) atoms. The zero-order valence-corrected chi connectivity index (χ0v) is 15.0. The Morgan fingerprint density at radius 2 is 1.85 bits per heavy atom. The van der Waals surface area contributed by atoms with Gasteiger partial charge in [0, 0.05) is 12.2 Å². The van der Waals surface area contributed by atoms with Crippen LogP contribution in [-0.2, 0) is 14.8 Å². The van der Waals surface area contributed by atoms with Gasteiger partial charge in [-0.3, -0.25) is 4.79 Å². The zero-order chi connectivity index (χ0) is 18.9. The van der Waals surface area contributed by atoms with Crippen molar-refractivity contribution in [3.63, 3.8) is 0 Å². The molecule has 0 bridgehead atoms. The molecule has 9 heteroatoms. The number of sulfonamides is 1. The minimum atomic E-state index is -3.94. The third-order valence-corrected chi connectivity index (χ3v) is 6.33. The van der Waals surface area contributed by atoms with Crippen LogP contribution in [0.15, 0.2) is 47.4 Å². The van der Waals surface area contributed by atoms with Crippen molar-refractivity contribution in [1.29, 1.82) is 0 Å². The van der Waals surface area contributed by atoms with Gasteiger partial charge in [-0.15, -0.1) is 0 Å². The first-order chi connectivity index (χ1) is 12.3. The standard InChI is InChI=1S/C17H15ClF2N2O3S/c18-14-10-12(5-8-15(14)20)21-17(23)16-2-1-9-22(16)26(24,25)13-6-3-11(19)4-7-13/h3-8,10,16H,1-2,9H2,(H,21,23)/t16-/m0/s1. The number of hydrogen-bond acceptors (Lipinski definition) is 3. The first kappa shape index (κ1) is 18.8. The van der Waals surface area contributed by atoms with Crippen LogP contribution in [0.5, 0.6) is 0 Å². The molecule has 3 rings (SSSR count). The maximum absolute atomic E-state index is 13.2. The molecule has 2 aromatic rings. The second-order valence-electron chi connectivity index (χ2n) is 5.85. The minimum absolute atomic E-state index is 0.0802. The molecule has 1 saturated heterocycles. The average Bonchev–Trinajstić information content (AvgIpc) is 3.09. The van der Waals surface area contributed by atoms with Crippen molar-refractivity contribution >= 4 is 33.2 Å². The summed E-state index contributed by atoms with van der Waals surface area (Å²) >= 11 is 5.69. The third kappa shape index (κ3) is 3.72. The van der Waals surface area contributed by atoms with Crippen LogP contribution in [0.4, 0.5) is 14.5 Å². The molecule has 0 saturated carbocycles. The number of hydrogen-bond donors (Lipinski definition) is 1. The van der Waals surface area contributed by atoms with Gasteiger partial charge in [-0.25, -0.2) is 17.2 Å². The van der Waals surface area contributed by atoms with Crippen LogP contribution in [-0.4, -0.2) is 31.2 Å². The van der Waals surface area contributed by atoms with Crippen molar-refractivity contribution in [2.24, 2.45) is 0 Å². The summed E-state index contributed by atoms with van der Waals surface area (Å²) in [4.78, 5) is 12.5. The fourth-order valence-corrected chi connectivity index (χ4v) is 4.67. The molecule has 1 fully saturated rings. The lowest BCUT2D eigenvalue weighted by Crippen LogP contribution is -2.43. The van der Waals surface area contributed by atoms with Gasteiger partial charge in [-0.1, -0.05) is 11.6 Å². The number of halogens is 3. The Morgan fingerprint density at radius 1 is 1.15 bits per heavy atom. The van der Waals surface area contributed by atoms with E-state index in [2.05, 4.69) is 5.32 Å². The maximum Gasteiger partial charge on any atom is 0.243 e. The average molecular weight is 401 g/mol. The van der Waals surface area contributed by atoms with E-state index in [9.17, 15) is 22.0 Å². The van der Waals surface area contributed by atoms with E-state index in [0.717, 1.165) is 34.6 Å². The molecule has 0 spiro atoms. The molecule has 138 valence electrons. The Labute approximate surface area is 154 Å². The molecule has 1 heterocycles. The van der Waals surface area contributed by atoms with Gasteiger partial charge in [0.1, 0.15) is 17.7 Å². The summed E-state index contributed by atoms with van der Waals surface area (Å²) in [5.41, 5.74) is 0.271. The largest absolute Gasteiger partial charge is 0.325 e. The van der Waals surface area contributed by atoms with Crippen molar-refractivity contribution in [3.05, 3.63) is 59.1 Å². The van der Waals surface area contributed by atoms with E-state index in [4.69, 9.17) is 11.6 Å². The predicted molar refractivity (Wildman–Crippen MR) is 93.4 cm³/mol. The van der Waals surface area contributed by atoms with Crippen molar-refractivity contribution in [3.8, 4) is 0 Å². The van der Waals surface area contributed by atoms with E-state index >= 15 is 0 Å². The van der Waals surface area contributed by atoms with Gasteiger partial charge in [0.15, 0.2) is 0 Å². The Morgan fingerprint density at radius 3 is 2.50 bits per heavy atom. The summed E-state index contributed by atoms with van der Waals surface area (Å²) in [6.07, 6.45) is 0.865. The SMILES string of the molecule is O=C(Nc1ccc(F)c(Cl)c1)[C@@H]1CCCN1S(=O)(=O)c1ccc(F)cc1. The van der Waals surface area contributed by atoms with Gasteiger partial charge in [-0.2, -0.15) is 4.31 Å². The van der Waals surface area contributed by atoms with Gasteiger partial charge in [0.2, 0.25) is 15.9 Å². The molecule has 0 radical (unpaired) electrons. The number of amides is 1. The second kappa shape index (κ2) is 7.30. The van der Waals surface area contributed by atoms with E-state index in [0.29, 0.717) is 12.8 Å². The highest BCUT2D eigenvalue weighted by atomic mass is 35.5. The van der Waals surface area contributed by atoms with Crippen LogP contribution >= 0.6 is 11.6 Å². The molecule has 2 aromatic carbocycles. The Bertz CT molecular complexity index is 936. The lowest BCUT2D eigenvalue weighted by molar-refractivity contribution is -0.119. The van der Waals surface area contributed by atoms with Crippen LogP contribution in [0, 0.1) is 11.6 Å². The highest BCUT2D eigenvalue weighted by Gasteiger charge is 2.39. The van der Waals surface area contributed by atoms with Crippen LogP contribution < -0.4 is 5.32 Å². The lowest BCUT2D eigenvalue weighted by atomic mass is 10.2. The van der Waals surface area contributed by atoms with Gasteiger partial charge >= 0.3 is 0 Å². The fraction of sp³-hybridized carbons (Fsp3) is 0.235. The summed E-state index contributed by atoms with van der Waals surface area (Å²) in [6, 6.07) is 7.23. The molecule has 1 amide bonds. The highest BCUT2D eigenvalue weighted by Crippen LogP contribution is 2.27. The minimum Gasteiger partial charge on any atom is -0.325 e. The topological polar surface area (TPSA) is 66.5 Å². The number of benzene rings is 2. The summed E-state index contributed by atoms with van der Waals surface area (Å²) in [5, 5.41) is 2.41. The zero-order valence-electron chi connectivity index (χ0n) is 13.5. The molecule has 1 aliphatic heterocycles. The monoisotopic (exact) mass is 400 g/mol. The van der Waals surface area contributed by atoms with Gasteiger partial charge in [0.25, 0.3) is 0 Å². The Balaban J connectivity index is 1.81. The van der Waals surface area contributed by atoms with Crippen LogP contribution in [0.2, 0.25) is 5.02 Å². The molecule has 1 aliphatic rings. The smallest absolute Gasteiger partial charge is 0.243 e. The Hall–Kier alpha value is -2.03. The highest BCUT2D eigenvalue weighted by molar-refractivity contribution is 7.89. The predicted octanol–water partition coefficient (Wildman–Crippen LogP) is 3.41. The second-order valence-corrected chi connectivity index (χ2v) is 8.14. The van der Waals surface area contributed by atoms with Crippen LogP contribution in [0.1, 0.15) is 12.8 Å². The molecular formula is C17H15ClF2N2O3S. The van der Waals surface area contributed by atoms with Crippen molar-refractivity contribution in [1.82, 2.24) is 4.31 Å². The molecule has 5 nitrogen and oxygen atoms in total. The number of carbonyl (C=O) groups is 1. The van der Waals surface area contributed by atoms with Crippen molar-refractivity contribution < 1.29 is 22.0 Å². The third-order valence-electron chi connectivity index (χ3n) is 4.11. The van der Waals surface area contributed by atoms with E-state index in [1.54, 1.807) is 0 Å². The summed E-state index contributed by atoms with van der Waals surface area (Å²) < 4.78 is 52.9. The first-order valence-electron chi connectivity index (χ1n) is 7.82. The van der Waals surface area contributed by atoms with Gasteiger partial charge in [0.05, 0.1) is 9.92 Å². The number of nitrogens with zero attached hydrogens (tertiary/aromatic N) is 1. The van der Waals surface area contributed by atoms with Crippen LogP contribution in [0.3, 0.4) is 0 Å². The van der Waals surface area contributed by atoms with Gasteiger partial charge < -0.3 is 5.32 Å². The molecular weight excluding hydrogens is 386 g/mol. The summed E-state index contributed by atoms with van der Waals surface area (Å²) in [7, 11) is -3.94. The number of nitrogens with one attached hydrogen (secondary N) is 1. The molecule has 1 N–H and O–H groups in total. The normalized spacial score (nSPS) is 18.0. The maximum atomic E-state index is 13.2. The number of rotatable bonds is 4. The summed E-state index contributed by atoms with van der Waals surface area (Å²) in [6.45, 7) is 0.183. The molecule has 1 atom stereocenters. The summed E-state index contributed by atoms with van der Waals surface area (Å²) in [5.74, 6) is -1.70. The van der Waals surface area contributed by atoms with E-state index in [1.807, 2.05) is 0 Å². The molecule has 0 unspecified atom stereocenters. The van der Waals surface area contributed by atoms with E-state index in [1.165, 1.54) is 12.1 Å². The van der Waals surface area contributed by atoms with E-state index in [-0.39, 0.29) is 22.2 Å².